The van der Waals surface area contributed by atoms with Gasteiger partial charge in [-0.25, -0.2) is 0 Å². The van der Waals surface area contributed by atoms with Gasteiger partial charge in [0.25, 0.3) is 5.91 Å². The number of piperazine rings is 1. The molecule has 1 saturated carbocycles. The van der Waals surface area contributed by atoms with Gasteiger partial charge in [-0.3, -0.25) is 9.59 Å². The molecule has 3 aromatic carbocycles. The minimum absolute atomic E-state index is 0.0186. The standard InChI is InChI=1S/C38H44ClN3O5/c1-24-18-34(39)36(19-25(24)2)47-17-16-46-32-12-8-28(9-13-32)33-20-30-22-41(26(3)44)23-35(40-30)37(33)38(45)42(31-10-11-31)21-29-7-5-4-6-27(29)14-15-43/h4-9,12-13,18-19,30-31,35,40,43H,10-11,14-17,20-23H2,1-3H3/t30?,35-/m1/s1. The second-order valence-electron chi connectivity index (χ2n) is 12.9. The van der Waals surface area contributed by atoms with Gasteiger partial charge in [-0.2, -0.15) is 0 Å². The van der Waals surface area contributed by atoms with Crippen LogP contribution in [0.5, 0.6) is 11.5 Å². The first kappa shape index (κ1) is 33.1. The molecule has 0 aromatic heterocycles. The smallest absolute Gasteiger partial charge is 0.252 e. The van der Waals surface area contributed by atoms with Crippen LogP contribution >= 0.6 is 11.6 Å². The lowest BCUT2D eigenvalue weighted by atomic mass is 9.82. The van der Waals surface area contributed by atoms with Crippen molar-refractivity contribution in [2.75, 3.05) is 32.9 Å². The highest BCUT2D eigenvalue weighted by molar-refractivity contribution is 6.32. The zero-order chi connectivity index (χ0) is 33.1. The number of fused-ring (bicyclic) bond motifs is 2. The monoisotopic (exact) mass is 657 g/mol. The van der Waals surface area contributed by atoms with Crippen molar-refractivity contribution in [3.8, 4) is 11.5 Å². The van der Waals surface area contributed by atoms with Crippen molar-refractivity contribution in [2.24, 2.45) is 0 Å². The molecule has 8 nitrogen and oxygen atoms in total. The van der Waals surface area contributed by atoms with Crippen LogP contribution in [0.4, 0.5) is 0 Å². The molecule has 2 amide bonds. The molecule has 1 aliphatic carbocycles. The number of hydrogen-bond acceptors (Lipinski definition) is 6. The molecule has 0 radical (unpaired) electrons. The number of carbonyl (C=O) groups excluding carboxylic acids is 2. The predicted molar refractivity (Wildman–Crippen MR) is 184 cm³/mol. The predicted octanol–water partition coefficient (Wildman–Crippen LogP) is 5.49. The van der Waals surface area contributed by atoms with Gasteiger partial charge in [-0.15, -0.1) is 0 Å². The highest BCUT2D eigenvalue weighted by Crippen LogP contribution is 2.38. The number of nitrogens with one attached hydrogen (secondary N) is 1. The summed E-state index contributed by atoms with van der Waals surface area (Å²) >= 11 is 6.35. The maximum absolute atomic E-state index is 14.7. The molecule has 2 bridgehead atoms. The van der Waals surface area contributed by atoms with E-state index >= 15 is 0 Å². The Balaban J connectivity index is 1.23. The van der Waals surface area contributed by atoms with Crippen LogP contribution in [0, 0.1) is 13.8 Å². The SMILES string of the molecule is CC(=O)N1CC2CC(c3ccc(OCCOc4cc(C)c(C)cc4Cl)cc3)=C(C(=O)N(Cc3ccccc3CCO)C3CC3)[C@@H](C1)N2. The van der Waals surface area contributed by atoms with Gasteiger partial charge in [0.05, 0.1) is 11.1 Å². The van der Waals surface area contributed by atoms with Crippen LogP contribution in [0.2, 0.25) is 5.02 Å². The molecule has 2 atom stereocenters. The Morgan fingerprint density at radius 3 is 2.38 bits per heavy atom. The minimum Gasteiger partial charge on any atom is -0.490 e. The fourth-order valence-electron chi connectivity index (χ4n) is 6.72. The normalized spacial score (nSPS) is 19.0. The van der Waals surface area contributed by atoms with Crippen LogP contribution in [-0.4, -0.2) is 77.8 Å². The highest BCUT2D eigenvalue weighted by atomic mass is 35.5. The topological polar surface area (TPSA) is 91.3 Å². The molecule has 3 aromatic rings. The minimum atomic E-state index is -0.256. The molecule has 1 unspecified atom stereocenters. The third-order valence-electron chi connectivity index (χ3n) is 9.53. The number of nitrogens with zero attached hydrogens (tertiary/aromatic N) is 2. The number of halogens is 1. The summed E-state index contributed by atoms with van der Waals surface area (Å²) in [6, 6.07) is 19.8. The Kier molecular flexibility index (Phi) is 10.2. The summed E-state index contributed by atoms with van der Waals surface area (Å²) < 4.78 is 11.9. The van der Waals surface area contributed by atoms with Crippen molar-refractivity contribution in [1.82, 2.24) is 15.1 Å². The van der Waals surface area contributed by atoms with E-state index in [0.717, 1.165) is 51.8 Å². The van der Waals surface area contributed by atoms with Gasteiger partial charge in [0.1, 0.15) is 24.7 Å². The largest absolute Gasteiger partial charge is 0.490 e. The number of aliphatic hydroxyl groups is 1. The number of amides is 2. The molecule has 2 N–H and O–H groups in total. The first-order chi connectivity index (χ1) is 22.7. The van der Waals surface area contributed by atoms with Crippen molar-refractivity contribution in [1.29, 1.82) is 0 Å². The van der Waals surface area contributed by atoms with Gasteiger partial charge in [0.15, 0.2) is 0 Å². The van der Waals surface area contributed by atoms with E-state index in [1.54, 1.807) is 6.92 Å². The molecule has 248 valence electrons. The third-order valence-corrected chi connectivity index (χ3v) is 9.83. The Bertz CT molecular complexity index is 1650. The fourth-order valence-corrected chi connectivity index (χ4v) is 6.99. The number of ether oxygens (including phenoxy) is 2. The van der Waals surface area contributed by atoms with Crippen LogP contribution in [0.25, 0.3) is 5.57 Å². The van der Waals surface area contributed by atoms with Crippen LogP contribution < -0.4 is 14.8 Å². The first-order valence-corrected chi connectivity index (χ1v) is 17.0. The average Bonchev–Trinajstić information content (AvgIpc) is 3.90. The summed E-state index contributed by atoms with van der Waals surface area (Å²) in [5, 5.41) is 13.9. The average molecular weight is 658 g/mol. The van der Waals surface area contributed by atoms with Crippen LogP contribution in [0.3, 0.4) is 0 Å². The summed E-state index contributed by atoms with van der Waals surface area (Å²) in [5.74, 6) is 1.41. The summed E-state index contributed by atoms with van der Waals surface area (Å²) in [6.07, 6.45) is 3.15. The lowest BCUT2D eigenvalue weighted by Gasteiger charge is -2.44. The summed E-state index contributed by atoms with van der Waals surface area (Å²) in [7, 11) is 0. The van der Waals surface area contributed by atoms with Gasteiger partial charge >= 0.3 is 0 Å². The molecule has 2 fully saturated rings. The maximum Gasteiger partial charge on any atom is 0.252 e. The molecular weight excluding hydrogens is 614 g/mol. The Morgan fingerprint density at radius 2 is 1.68 bits per heavy atom. The van der Waals surface area contributed by atoms with Crippen molar-refractivity contribution >= 4 is 29.0 Å². The summed E-state index contributed by atoms with van der Waals surface area (Å²) in [4.78, 5) is 31.0. The molecule has 0 spiro atoms. The van der Waals surface area contributed by atoms with Crippen LogP contribution in [0.15, 0.2) is 66.2 Å². The van der Waals surface area contributed by atoms with Crippen molar-refractivity contribution in [3.63, 3.8) is 0 Å². The second kappa shape index (κ2) is 14.5. The number of carbonyl (C=O) groups is 2. The number of hydrogen-bond donors (Lipinski definition) is 2. The molecule has 2 heterocycles. The summed E-state index contributed by atoms with van der Waals surface area (Å²) in [5.41, 5.74) is 7.12. The van der Waals surface area contributed by atoms with E-state index in [4.69, 9.17) is 21.1 Å². The van der Waals surface area contributed by atoms with E-state index in [-0.39, 0.29) is 36.5 Å². The molecule has 6 rings (SSSR count). The van der Waals surface area contributed by atoms with Gasteiger partial charge in [0.2, 0.25) is 5.91 Å². The van der Waals surface area contributed by atoms with Crippen LogP contribution in [0.1, 0.15) is 54.0 Å². The van der Waals surface area contributed by atoms with Crippen LogP contribution in [-0.2, 0) is 22.6 Å². The number of rotatable bonds is 12. The van der Waals surface area contributed by atoms with E-state index in [9.17, 15) is 14.7 Å². The van der Waals surface area contributed by atoms with E-state index in [2.05, 4.69) is 11.4 Å². The van der Waals surface area contributed by atoms with Gasteiger partial charge in [-0.1, -0.05) is 48.0 Å². The van der Waals surface area contributed by atoms with Gasteiger partial charge in [0, 0.05) is 50.8 Å². The van der Waals surface area contributed by atoms with Crippen molar-refractivity contribution < 1.29 is 24.2 Å². The number of aliphatic hydroxyl groups excluding tert-OH is 1. The van der Waals surface area contributed by atoms with E-state index < -0.39 is 0 Å². The van der Waals surface area contributed by atoms with E-state index in [0.29, 0.717) is 62.2 Å². The maximum atomic E-state index is 14.7. The van der Waals surface area contributed by atoms with E-state index in [1.807, 2.05) is 78.2 Å². The Hall–Kier alpha value is -3.85. The van der Waals surface area contributed by atoms with Gasteiger partial charge < -0.3 is 29.7 Å². The molecule has 1 saturated heterocycles. The first-order valence-electron chi connectivity index (χ1n) is 16.6. The second-order valence-corrected chi connectivity index (χ2v) is 13.3. The van der Waals surface area contributed by atoms with Crippen molar-refractivity contribution in [3.05, 3.63) is 99.1 Å². The number of benzene rings is 3. The molecule has 2 aliphatic heterocycles. The quantitative estimate of drug-likeness (QED) is 0.251. The zero-order valence-corrected chi connectivity index (χ0v) is 28.2. The third kappa shape index (κ3) is 7.67. The molecule has 3 aliphatic rings. The summed E-state index contributed by atoms with van der Waals surface area (Å²) in [6.45, 7) is 7.99. The Labute approximate surface area is 282 Å². The lowest BCUT2D eigenvalue weighted by Crippen LogP contribution is -2.61. The Morgan fingerprint density at radius 1 is 0.979 bits per heavy atom. The lowest BCUT2D eigenvalue weighted by molar-refractivity contribution is -0.132. The molecule has 47 heavy (non-hydrogen) atoms. The van der Waals surface area contributed by atoms with Gasteiger partial charge in [-0.05, 0) is 97.2 Å². The zero-order valence-electron chi connectivity index (χ0n) is 27.4. The molecule has 9 heteroatoms. The van der Waals surface area contributed by atoms with Crippen molar-refractivity contribution in [2.45, 2.75) is 71.1 Å². The number of aryl methyl sites for hydroxylation is 2. The molecular formula is C38H44ClN3O5. The van der Waals surface area contributed by atoms with E-state index in [1.165, 1.54) is 0 Å². The highest BCUT2D eigenvalue weighted by Gasteiger charge is 2.43. The fraction of sp³-hybridized carbons (Fsp3) is 0.421.